The van der Waals surface area contributed by atoms with E-state index in [1.807, 2.05) is 0 Å². The topological polar surface area (TPSA) is 132 Å². The van der Waals surface area contributed by atoms with Crippen LogP contribution in [-0.2, 0) is 27.9 Å². The second-order valence-electron chi connectivity index (χ2n) is 15.8. The van der Waals surface area contributed by atoms with Crippen molar-refractivity contribution in [3.63, 3.8) is 0 Å². The van der Waals surface area contributed by atoms with E-state index in [1.54, 1.807) is 0 Å². The zero-order chi connectivity index (χ0) is 41.8. The standard InChI is InChI=1S/C47H89O9P/c1-3-5-7-9-11-13-15-17-19-21-23-25-27-29-31-33-35-37-39-47(50)56-46(44-55-57(51,52)54-42-45(49)41-48)43-53-40-38-36-34-32-30-28-26-24-22-20-18-16-14-12-10-8-6-4-2/h13,15,18-21,45-46,48-49H,3-12,14,16-17,22-44H2,1-2H3,(H,51,52)/b15-13-,20-18-,21-19-. The van der Waals surface area contributed by atoms with Gasteiger partial charge in [-0.2, -0.15) is 0 Å². The highest BCUT2D eigenvalue weighted by Crippen LogP contribution is 2.43. The Balaban J connectivity index is 4.14. The van der Waals surface area contributed by atoms with Crippen LogP contribution < -0.4 is 0 Å². The Hall–Kier alpha value is -1.32. The first-order valence-corrected chi connectivity index (χ1v) is 25.0. The summed E-state index contributed by atoms with van der Waals surface area (Å²) in [5.41, 5.74) is 0. The summed E-state index contributed by atoms with van der Waals surface area (Å²) in [7, 11) is -4.52. The van der Waals surface area contributed by atoms with Crippen LogP contribution in [0.4, 0.5) is 0 Å². The van der Waals surface area contributed by atoms with Crippen molar-refractivity contribution in [2.75, 3.05) is 33.0 Å². The molecule has 0 rings (SSSR count). The first kappa shape index (κ1) is 55.7. The monoisotopic (exact) mass is 829 g/mol. The molecule has 3 unspecified atom stereocenters. The van der Waals surface area contributed by atoms with Gasteiger partial charge in [0, 0.05) is 13.0 Å². The van der Waals surface area contributed by atoms with Crippen LogP contribution >= 0.6 is 7.82 Å². The number of phosphoric ester groups is 1. The third kappa shape index (κ3) is 44.1. The third-order valence-corrected chi connectivity index (χ3v) is 11.0. The van der Waals surface area contributed by atoms with Gasteiger partial charge in [0.15, 0.2) is 0 Å². The van der Waals surface area contributed by atoms with Gasteiger partial charge in [0.25, 0.3) is 0 Å². The number of aliphatic hydroxyl groups is 2. The van der Waals surface area contributed by atoms with Gasteiger partial charge in [0.1, 0.15) is 12.2 Å². The molecule has 0 fully saturated rings. The molecule has 0 spiro atoms. The normalized spacial score (nSPS) is 14.3. The highest BCUT2D eigenvalue weighted by atomic mass is 31.2. The fraction of sp³-hybridized carbons (Fsp3) is 0.851. The van der Waals surface area contributed by atoms with E-state index in [0.717, 1.165) is 57.8 Å². The molecule has 0 aliphatic rings. The second kappa shape index (κ2) is 44.2. The van der Waals surface area contributed by atoms with Crippen molar-refractivity contribution >= 4 is 13.8 Å². The van der Waals surface area contributed by atoms with E-state index in [2.05, 4.69) is 50.3 Å². The smallest absolute Gasteiger partial charge is 0.457 e. The number of carbonyl (C=O) groups is 1. The quantitative estimate of drug-likeness (QED) is 0.0237. The minimum absolute atomic E-state index is 0.0451. The second-order valence-corrected chi connectivity index (χ2v) is 17.2. The van der Waals surface area contributed by atoms with Crippen LogP contribution in [0.5, 0.6) is 0 Å². The molecule has 3 N–H and O–H groups in total. The highest BCUT2D eigenvalue weighted by molar-refractivity contribution is 7.47. The average molecular weight is 829 g/mol. The fourth-order valence-corrected chi connectivity index (χ4v) is 7.23. The van der Waals surface area contributed by atoms with Gasteiger partial charge in [-0.1, -0.05) is 172 Å². The van der Waals surface area contributed by atoms with Gasteiger partial charge in [0.05, 0.1) is 26.4 Å². The minimum Gasteiger partial charge on any atom is -0.457 e. The van der Waals surface area contributed by atoms with Gasteiger partial charge < -0.3 is 24.6 Å². The predicted molar refractivity (Wildman–Crippen MR) is 237 cm³/mol. The number of phosphoric acid groups is 1. The summed E-state index contributed by atoms with van der Waals surface area (Å²) in [6, 6.07) is 0. The Bertz CT molecular complexity index is 986. The van der Waals surface area contributed by atoms with Gasteiger partial charge in [-0.15, -0.1) is 0 Å². The first-order chi connectivity index (χ1) is 27.8. The van der Waals surface area contributed by atoms with Crippen molar-refractivity contribution in [2.24, 2.45) is 0 Å². The van der Waals surface area contributed by atoms with E-state index in [4.69, 9.17) is 23.6 Å². The maximum Gasteiger partial charge on any atom is 0.472 e. The minimum atomic E-state index is -4.52. The molecule has 0 amide bonds. The number of aliphatic hydroxyl groups excluding tert-OH is 2. The summed E-state index contributed by atoms with van der Waals surface area (Å²) >= 11 is 0. The molecule has 57 heavy (non-hydrogen) atoms. The molecule has 3 atom stereocenters. The lowest BCUT2D eigenvalue weighted by atomic mass is 10.1. The molecule has 10 heteroatoms. The highest BCUT2D eigenvalue weighted by Gasteiger charge is 2.26. The van der Waals surface area contributed by atoms with Crippen LogP contribution in [0, 0.1) is 0 Å². The summed E-state index contributed by atoms with van der Waals surface area (Å²) in [5.74, 6) is -0.390. The van der Waals surface area contributed by atoms with Crippen LogP contribution in [0.15, 0.2) is 36.5 Å². The van der Waals surface area contributed by atoms with Crippen molar-refractivity contribution in [3.05, 3.63) is 36.5 Å². The van der Waals surface area contributed by atoms with Crippen LogP contribution in [-0.4, -0.2) is 66.3 Å². The molecule has 0 saturated heterocycles. The zero-order valence-corrected chi connectivity index (χ0v) is 37.7. The van der Waals surface area contributed by atoms with Crippen LogP contribution in [0.25, 0.3) is 0 Å². The van der Waals surface area contributed by atoms with E-state index in [0.29, 0.717) is 6.61 Å². The van der Waals surface area contributed by atoms with Crippen molar-refractivity contribution in [3.8, 4) is 0 Å². The number of unbranched alkanes of at least 4 members (excludes halogenated alkanes) is 25. The molecule has 0 bridgehead atoms. The maximum atomic E-state index is 12.6. The fourth-order valence-electron chi connectivity index (χ4n) is 6.44. The molecule has 0 aromatic rings. The summed E-state index contributed by atoms with van der Waals surface area (Å²) in [6.45, 7) is 3.50. The molecule has 0 aromatic heterocycles. The van der Waals surface area contributed by atoms with E-state index in [1.165, 1.54) is 135 Å². The number of esters is 1. The zero-order valence-electron chi connectivity index (χ0n) is 36.8. The molecular weight excluding hydrogens is 739 g/mol. The summed E-state index contributed by atoms with van der Waals surface area (Å²) in [5, 5.41) is 18.4. The number of carbonyl (C=O) groups excluding carboxylic acids is 1. The number of rotatable bonds is 45. The van der Waals surface area contributed by atoms with Crippen LogP contribution in [0.1, 0.15) is 213 Å². The molecule has 0 heterocycles. The van der Waals surface area contributed by atoms with Gasteiger partial charge in [-0.3, -0.25) is 13.8 Å². The average Bonchev–Trinajstić information content (AvgIpc) is 3.20. The van der Waals surface area contributed by atoms with E-state index in [9.17, 15) is 19.4 Å². The van der Waals surface area contributed by atoms with E-state index < -0.39 is 33.2 Å². The molecule has 0 aromatic carbocycles. The number of allylic oxidation sites excluding steroid dienone is 6. The van der Waals surface area contributed by atoms with Crippen molar-refractivity contribution in [1.29, 1.82) is 0 Å². The van der Waals surface area contributed by atoms with Gasteiger partial charge in [0.2, 0.25) is 0 Å². The molecule has 0 saturated carbocycles. The summed E-state index contributed by atoms with van der Waals surface area (Å²) in [6.07, 6.45) is 48.1. The molecule has 0 radical (unpaired) electrons. The molecular formula is C47H89O9P. The Morgan fingerprint density at radius 3 is 1.44 bits per heavy atom. The predicted octanol–water partition coefficient (Wildman–Crippen LogP) is 13.2. The van der Waals surface area contributed by atoms with E-state index >= 15 is 0 Å². The summed E-state index contributed by atoms with van der Waals surface area (Å²) < 4.78 is 33.4. The Labute approximate surface area is 350 Å². The van der Waals surface area contributed by atoms with Crippen molar-refractivity contribution in [2.45, 2.75) is 225 Å². The maximum absolute atomic E-state index is 12.6. The van der Waals surface area contributed by atoms with Gasteiger partial charge in [-0.05, 0) is 70.6 Å². The lowest BCUT2D eigenvalue weighted by Gasteiger charge is -2.20. The number of hydrogen-bond acceptors (Lipinski definition) is 8. The largest absolute Gasteiger partial charge is 0.472 e. The number of ether oxygens (including phenoxy) is 2. The van der Waals surface area contributed by atoms with Crippen LogP contribution in [0.3, 0.4) is 0 Å². The van der Waals surface area contributed by atoms with Crippen LogP contribution in [0.2, 0.25) is 0 Å². The Kier molecular flexibility index (Phi) is 43.2. The van der Waals surface area contributed by atoms with E-state index in [-0.39, 0.29) is 25.6 Å². The van der Waals surface area contributed by atoms with Gasteiger partial charge >= 0.3 is 13.8 Å². The lowest BCUT2D eigenvalue weighted by molar-refractivity contribution is -0.154. The SMILES string of the molecule is CCCCCC/C=C\C/C=C\CCCCCCCCCC(=O)OC(COCCCCCCCCCC/C=C\CCCCCCCC)COP(=O)(O)OCC(O)CO. The Morgan fingerprint density at radius 2 is 0.947 bits per heavy atom. The molecule has 9 nitrogen and oxygen atoms in total. The molecule has 0 aliphatic heterocycles. The Morgan fingerprint density at radius 1 is 0.544 bits per heavy atom. The molecule has 0 aliphatic carbocycles. The number of hydrogen-bond donors (Lipinski definition) is 3. The third-order valence-electron chi connectivity index (χ3n) is 10.0. The van der Waals surface area contributed by atoms with Crippen molar-refractivity contribution < 1.29 is 43.0 Å². The lowest BCUT2D eigenvalue weighted by Crippen LogP contribution is -2.29. The van der Waals surface area contributed by atoms with Gasteiger partial charge in [-0.25, -0.2) is 4.57 Å². The summed E-state index contributed by atoms with van der Waals surface area (Å²) in [4.78, 5) is 22.6. The van der Waals surface area contributed by atoms with Crippen molar-refractivity contribution in [1.82, 2.24) is 0 Å². The molecule has 336 valence electrons. The first-order valence-electron chi connectivity index (χ1n) is 23.5.